The van der Waals surface area contributed by atoms with E-state index in [1.165, 1.54) is 19.2 Å². The Bertz CT molecular complexity index is 515. The van der Waals surface area contributed by atoms with Crippen molar-refractivity contribution in [2.75, 3.05) is 33.3 Å². The van der Waals surface area contributed by atoms with Crippen LogP contribution in [0.25, 0.3) is 0 Å². The van der Waals surface area contributed by atoms with Crippen LogP contribution in [0.5, 0.6) is 5.75 Å². The number of benzene rings is 1. The van der Waals surface area contributed by atoms with E-state index in [9.17, 15) is 22.0 Å². The lowest BCUT2D eigenvalue weighted by Gasteiger charge is -2.36. The molecule has 1 aliphatic heterocycles. The van der Waals surface area contributed by atoms with Crippen molar-refractivity contribution in [3.63, 3.8) is 0 Å². The van der Waals surface area contributed by atoms with Crippen LogP contribution in [0.2, 0.25) is 0 Å². The summed E-state index contributed by atoms with van der Waals surface area (Å²) in [6.07, 6.45) is -7.94. The zero-order valence-electron chi connectivity index (χ0n) is 12.7. The molecule has 0 amide bonds. The first-order valence-electron chi connectivity index (χ1n) is 7.31. The summed E-state index contributed by atoms with van der Waals surface area (Å²) in [7, 11) is 1.27. The van der Waals surface area contributed by atoms with Gasteiger partial charge < -0.3 is 10.1 Å². The third kappa shape index (κ3) is 4.54. The highest BCUT2D eigenvalue weighted by atomic mass is 19.4. The van der Waals surface area contributed by atoms with Crippen LogP contribution in [0.4, 0.5) is 22.0 Å². The number of halogens is 5. The van der Waals surface area contributed by atoms with Gasteiger partial charge in [0.2, 0.25) is 6.43 Å². The fraction of sp³-hybridized carbons (Fsp3) is 0.600. The third-order valence-corrected chi connectivity index (χ3v) is 3.92. The van der Waals surface area contributed by atoms with Crippen LogP contribution >= 0.6 is 0 Å². The molecule has 130 valence electrons. The number of piperazine rings is 1. The first-order valence-corrected chi connectivity index (χ1v) is 7.31. The first kappa shape index (κ1) is 17.9. The molecular weight excluding hydrogens is 319 g/mol. The molecule has 23 heavy (non-hydrogen) atoms. The second-order valence-electron chi connectivity index (χ2n) is 5.38. The predicted octanol–water partition coefficient (Wildman–Crippen LogP) is 3.32. The van der Waals surface area contributed by atoms with Crippen LogP contribution in [-0.2, 0) is 6.18 Å². The Balaban J connectivity index is 2.44. The van der Waals surface area contributed by atoms with Gasteiger partial charge in [0.05, 0.1) is 12.7 Å². The summed E-state index contributed by atoms with van der Waals surface area (Å²) in [6.45, 7) is 2.00. The number of rotatable bonds is 5. The summed E-state index contributed by atoms with van der Waals surface area (Å²) >= 11 is 0. The van der Waals surface area contributed by atoms with Crippen LogP contribution in [0.3, 0.4) is 0 Å². The van der Waals surface area contributed by atoms with Gasteiger partial charge in [-0.1, -0.05) is 6.07 Å². The Morgan fingerprint density at radius 2 is 1.87 bits per heavy atom. The van der Waals surface area contributed by atoms with Crippen LogP contribution in [0.1, 0.15) is 23.6 Å². The minimum atomic E-state index is -4.63. The average Bonchev–Trinajstić information content (AvgIpc) is 2.52. The number of nitrogens with zero attached hydrogens (tertiary/aromatic N) is 1. The molecule has 3 nitrogen and oxygen atoms in total. The van der Waals surface area contributed by atoms with E-state index in [4.69, 9.17) is 4.74 Å². The van der Waals surface area contributed by atoms with Gasteiger partial charge in [0.25, 0.3) is 0 Å². The van der Waals surface area contributed by atoms with Gasteiger partial charge in [-0.15, -0.1) is 0 Å². The number of hydrogen-bond donors (Lipinski definition) is 1. The fourth-order valence-corrected chi connectivity index (χ4v) is 2.83. The summed E-state index contributed by atoms with van der Waals surface area (Å²) < 4.78 is 70.8. The number of alkyl halides is 5. The third-order valence-electron chi connectivity index (χ3n) is 3.92. The molecule has 0 saturated carbocycles. The molecule has 1 saturated heterocycles. The summed E-state index contributed by atoms with van der Waals surface area (Å²) in [6, 6.07) is 2.53. The number of methoxy groups -OCH3 is 1. The van der Waals surface area contributed by atoms with Crippen LogP contribution in [-0.4, -0.2) is 44.6 Å². The van der Waals surface area contributed by atoms with E-state index < -0.39 is 30.6 Å². The van der Waals surface area contributed by atoms with Crippen molar-refractivity contribution < 1.29 is 26.7 Å². The summed E-state index contributed by atoms with van der Waals surface area (Å²) in [5, 5.41) is 3.07. The average molecular weight is 338 g/mol. The Morgan fingerprint density at radius 3 is 2.39 bits per heavy atom. The Morgan fingerprint density at radius 1 is 1.22 bits per heavy atom. The van der Waals surface area contributed by atoms with E-state index in [1.54, 1.807) is 4.90 Å². The van der Waals surface area contributed by atoms with Gasteiger partial charge >= 0.3 is 6.18 Å². The summed E-state index contributed by atoms with van der Waals surface area (Å²) in [5.41, 5.74) is -1.04. The van der Waals surface area contributed by atoms with Crippen molar-refractivity contribution in [3.05, 3.63) is 29.3 Å². The van der Waals surface area contributed by atoms with E-state index in [2.05, 4.69) is 5.32 Å². The molecule has 1 fully saturated rings. The van der Waals surface area contributed by atoms with E-state index in [1.807, 2.05) is 0 Å². The molecule has 1 aromatic rings. The summed E-state index contributed by atoms with van der Waals surface area (Å²) in [4.78, 5) is 1.68. The van der Waals surface area contributed by atoms with Crippen molar-refractivity contribution in [2.45, 2.75) is 25.1 Å². The van der Waals surface area contributed by atoms with Crippen molar-refractivity contribution in [3.8, 4) is 5.75 Å². The minimum absolute atomic E-state index is 0.0529. The molecule has 0 aromatic heterocycles. The van der Waals surface area contributed by atoms with Gasteiger partial charge in [-0.2, -0.15) is 13.2 Å². The van der Waals surface area contributed by atoms with Gasteiger partial charge in [-0.05, 0) is 17.7 Å². The molecule has 1 heterocycles. The van der Waals surface area contributed by atoms with Gasteiger partial charge in [0.15, 0.2) is 0 Å². The van der Waals surface area contributed by atoms with E-state index >= 15 is 0 Å². The molecule has 8 heteroatoms. The first-order chi connectivity index (χ1) is 10.8. The molecule has 1 atom stereocenters. The summed E-state index contributed by atoms with van der Waals surface area (Å²) in [5.74, 6) is 0.0529. The smallest absolute Gasteiger partial charge is 0.416 e. The highest BCUT2D eigenvalue weighted by Crippen LogP contribution is 2.40. The maximum atomic E-state index is 13.4. The number of nitrogens with one attached hydrogen (secondary N) is 1. The maximum Gasteiger partial charge on any atom is 0.416 e. The van der Waals surface area contributed by atoms with E-state index in [-0.39, 0.29) is 11.3 Å². The topological polar surface area (TPSA) is 24.5 Å². The lowest BCUT2D eigenvalue weighted by Crippen LogP contribution is -2.45. The number of hydrogen-bond acceptors (Lipinski definition) is 3. The molecular formula is C15H19F5N2O. The lowest BCUT2D eigenvalue weighted by molar-refractivity contribution is -0.139. The molecule has 0 unspecified atom stereocenters. The standard InChI is InChI=1S/C15H19F5N2O/c1-23-10-2-3-11(12(8-10)15(18,19)20)13(9-14(16)17)22-6-4-21-5-7-22/h2-3,8,13-14,21H,4-7,9H2,1H3/t13-/m0/s1. The fourth-order valence-electron chi connectivity index (χ4n) is 2.83. The van der Waals surface area contributed by atoms with Gasteiger partial charge in [-0.25, -0.2) is 8.78 Å². The van der Waals surface area contributed by atoms with Crippen molar-refractivity contribution >= 4 is 0 Å². The van der Waals surface area contributed by atoms with Crippen molar-refractivity contribution in [2.24, 2.45) is 0 Å². The minimum Gasteiger partial charge on any atom is -0.497 e. The van der Waals surface area contributed by atoms with Crippen molar-refractivity contribution in [1.29, 1.82) is 0 Å². The molecule has 0 aliphatic carbocycles. The molecule has 2 rings (SSSR count). The number of ether oxygens (including phenoxy) is 1. The zero-order valence-corrected chi connectivity index (χ0v) is 12.7. The Hall–Kier alpha value is -1.41. The SMILES string of the molecule is COc1ccc([C@H](CC(F)F)N2CCNCC2)c(C(F)(F)F)c1. The van der Waals surface area contributed by atoms with Crippen LogP contribution in [0.15, 0.2) is 18.2 Å². The monoisotopic (exact) mass is 338 g/mol. The van der Waals surface area contributed by atoms with Gasteiger partial charge in [-0.3, -0.25) is 4.90 Å². The quantitative estimate of drug-likeness (QED) is 0.834. The van der Waals surface area contributed by atoms with E-state index in [0.29, 0.717) is 26.2 Å². The highest BCUT2D eigenvalue weighted by Gasteiger charge is 2.38. The molecule has 0 radical (unpaired) electrons. The Kier molecular flexibility index (Phi) is 5.80. The van der Waals surface area contributed by atoms with E-state index in [0.717, 1.165) is 6.07 Å². The van der Waals surface area contributed by atoms with Gasteiger partial charge in [0.1, 0.15) is 5.75 Å². The molecule has 0 bridgehead atoms. The second-order valence-corrected chi connectivity index (χ2v) is 5.38. The second kappa shape index (κ2) is 7.44. The molecule has 1 aliphatic rings. The highest BCUT2D eigenvalue weighted by molar-refractivity contribution is 5.39. The Labute approximate surface area is 131 Å². The predicted molar refractivity (Wildman–Crippen MR) is 75.8 cm³/mol. The van der Waals surface area contributed by atoms with Crippen molar-refractivity contribution in [1.82, 2.24) is 10.2 Å². The molecule has 1 aromatic carbocycles. The maximum absolute atomic E-state index is 13.4. The molecule has 0 spiro atoms. The van der Waals surface area contributed by atoms with Crippen LogP contribution < -0.4 is 10.1 Å². The lowest BCUT2D eigenvalue weighted by atomic mass is 9.95. The van der Waals surface area contributed by atoms with Gasteiger partial charge in [0, 0.05) is 38.6 Å². The largest absolute Gasteiger partial charge is 0.497 e. The molecule has 1 N–H and O–H groups in total. The zero-order chi connectivity index (χ0) is 17.0. The normalized spacial score (nSPS) is 18.2. The van der Waals surface area contributed by atoms with Crippen LogP contribution in [0, 0.1) is 0 Å².